The van der Waals surface area contributed by atoms with Crippen molar-refractivity contribution in [2.45, 2.75) is 39.7 Å². The van der Waals surface area contributed by atoms with E-state index in [1.165, 1.54) is 22.8 Å². The SMILES string of the molecule is CCCNC(c1ccc2cc(OC)ccc2c1)C(C)CC. The van der Waals surface area contributed by atoms with E-state index in [-0.39, 0.29) is 0 Å². The molecule has 0 radical (unpaired) electrons. The fourth-order valence-electron chi connectivity index (χ4n) is 2.75. The van der Waals surface area contributed by atoms with E-state index >= 15 is 0 Å². The molecule has 0 aliphatic carbocycles. The van der Waals surface area contributed by atoms with Crippen LogP contribution in [0, 0.1) is 5.92 Å². The van der Waals surface area contributed by atoms with E-state index in [0.29, 0.717) is 12.0 Å². The van der Waals surface area contributed by atoms with Gasteiger partial charge in [-0.1, -0.05) is 45.4 Å². The maximum Gasteiger partial charge on any atom is 0.119 e. The largest absolute Gasteiger partial charge is 0.497 e. The molecule has 0 spiro atoms. The van der Waals surface area contributed by atoms with Crippen molar-refractivity contribution in [1.29, 1.82) is 0 Å². The van der Waals surface area contributed by atoms with Gasteiger partial charge in [-0.2, -0.15) is 0 Å². The molecule has 0 amide bonds. The third kappa shape index (κ3) is 3.76. The number of hydrogen-bond donors (Lipinski definition) is 1. The number of ether oxygens (including phenoxy) is 1. The highest BCUT2D eigenvalue weighted by Crippen LogP contribution is 2.28. The summed E-state index contributed by atoms with van der Waals surface area (Å²) in [7, 11) is 1.71. The van der Waals surface area contributed by atoms with Crippen LogP contribution in [0.1, 0.15) is 45.2 Å². The number of fused-ring (bicyclic) bond motifs is 1. The molecular weight excluding hydrogens is 258 g/mol. The van der Waals surface area contributed by atoms with E-state index in [2.05, 4.69) is 56.4 Å². The summed E-state index contributed by atoms with van der Waals surface area (Å²) < 4.78 is 5.30. The molecule has 2 nitrogen and oxygen atoms in total. The second-order valence-corrected chi connectivity index (χ2v) is 5.79. The third-order valence-electron chi connectivity index (χ3n) is 4.26. The lowest BCUT2D eigenvalue weighted by atomic mass is 9.91. The van der Waals surface area contributed by atoms with Crippen LogP contribution >= 0.6 is 0 Å². The third-order valence-corrected chi connectivity index (χ3v) is 4.26. The standard InChI is InChI=1S/C19H27NO/c1-5-11-20-19(14(3)6-2)17-8-7-16-13-18(21-4)10-9-15(16)12-17/h7-10,12-14,19-20H,5-6,11H2,1-4H3. The van der Waals surface area contributed by atoms with E-state index in [9.17, 15) is 0 Å². The monoisotopic (exact) mass is 285 g/mol. The quantitative estimate of drug-likeness (QED) is 0.778. The molecule has 2 unspecified atom stereocenters. The Hall–Kier alpha value is -1.54. The van der Waals surface area contributed by atoms with Crippen molar-refractivity contribution in [3.8, 4) is 5.75 Å². The number of rotatable bonds is 7. The molecule has 0 aromatic heterocycles. The highest BCUT2D eigenvalue weighted by Gasteiger charge is 2.17. The smallest absolute Gasteiger partial charge is 0.119 e. The zero-order chi connectivity index (χ0) is 15.2. The maximum absolute atomic E-state index is 5.30. The van der Waals surface area contributed by atoms with Gasteiger partial charge in [-0.25, -0.2) is 0 Å². The minimum absolute atomic E-state index is 0.432. The summed E-state index contributed by atoms with van der Waals surface area (Å²) in [6, 6.07) is 13.5. The molecule has 0 bridgehead atoms. The molecule has 0 aliphatic heterocycles. The molecule has 1 N–H and O–H groups in total. The highest BCUT2D eigenvalue weighted by atomic mass is 16.5. The second kappa shape index (κ2) is 7.46. The lowest BCUT2D eigenvalue weighted by molar-refractivity contribution is 0.377. The van der Waals surface area contributed by atoms with E-state index in [1.54, 1.807) is 7.11 Å². The van der Waals surface area contributed by atoms with E-state index in [1.807, 2.05) is 6.07 Å². The molecule has 0 heterocycles. The van der Waals surface area contributed by atoms with Crippen LogP contribution < -0.4 is 10.1 Å². The average Bonchev–Trinajstić information content (AvgIpc) is 2.54. The topological polar surface area (TPSA) is 21.3 Å². The van der Waals surface area contributed by atoms with Crippen LogP contribution in [0.3, 0.4) is 0 Å². The van der Waals surface area contributed by atoms with Crippen LogP contribution in [0.5, 0.6) is 5.75 Å². The normalized spacial score (nSPS) is 14.1. The predicted octanol–water partition coefficient (Wildman–Crippen LogP) is 4.94. The number of hydrogen-bond acceptors (Lipinski definition) is 2. The van der Waals surface area contributed by atoms with Gasteiger partial charge < -0.3 is 10.1 Å². The van der Waals surface area contributed by atoms with Crippen LogP contribution in [-0.4, -0.2) is 13.7 Å². The van der Waals surface area contributed by atoms with Gasteiger partial charge in [0.1, 0.15) is 5.75 Å². The summed E-state index contributed by atoms with van der Waals surface area (Å²) in [5.74, 6) is 1.55. The van der Waals surface area contributed by atoms with Crippen LogP contribution in [0.15, 0.2) is 36.4 Å². The van der Waals surface area contributed by atoms with Gasteiger partial charge in [0, 0.05) is 6.04 Å². The van der Waals surface area contributed by atoms with Gasteiger partial charge in [0.05, 0.1) is 7.11 Å². The minimum atomic E-state index is 0.432. The number of methoxy groups -OCH3 is 1. The van der Waals surface area contributed by atoms with Gasteiger partial charge in [-0.15, -0.1) is 0 Å². The Balaban J connectivity index is 2.34. The van der Waals surface area contributed by atoms with E-state index < -0.39 is 0 Å². The molecule has 0 saturated carbocycles. The molecule has 0 fully saturated rings. The van der Waals surface area contributed by atoms with Crippen molar-refractivity contribution < 1.29 is 4.74 Å². The van der Waals surface area contributed by atoms with Crippen molar-refractivity contribution >= 4 is 10.8 Å². The Morgan fingerprint density at radius 2 is 1.76 bits per heavy atom. The van der Waals surface area contributed by atoms with Crippen molar-refractivity contribution in [3.63, 3.8) is 0 Å². The van der Waals surface area contributed by atoms with Crippen LogP contribution in [0.25, 0.3) is 10.8 Å². The molecule has 2 aromatic carbocycles. The Labute approximate surface area is 128 Å². The predicted molar refractivity (Wildman–Crippen MR) is 91.0 cm³/mol. The first-order chi connectivity index (χ1) is 10.2. The summed E-state index contributed by atoms with van der Waals surface area (Å²) in [6.07, 6.45) is 2.35. The van der Waals surface area contributed by atoms with Gasteiger partial charge in [0.2, 0.25) is 0 Å². The number of nitrogens with one attached hydrogen (secondary N) is 1. The molecule has 114 valence electrons. The van der Waals surface area contributed by atoms with Gasteiger partial charge >= 0.3 is 0 Å². The lowest BCUT2D eigenvalue weighted by Gasteiger charge is -2.25. The summed E-state index contributed by atoms with van der Waals surface area (Å²) in [6.45, 7) is 7.87. The summed E-state index contributed by atoms with van der Waals surface area (Å²) in [5.41, 5.74) is 1.38. The fraction of sp³-hybridized carbons (Fsp3) is 0.474. The first kappa shape index (κ1) is 15.8. The zero-order valence-electron chi connectivity index (χ0n) is 13.6. The van der Waals surface area contributed by atoms with Crippen LogP contribution in [0.4, 0.5) is 0 Å². The van der Waals surface area contributed by atoms with Gasteiger partial charge in [0.25, 0.3) is 0 Å². The van der Waals surface area contributed by atoms with Crippen LogP contribution in [0.2, 0.25) is 0 Å². The lowest BCUT2D eigenvalue weighted by Crippen LogP contribution is -2.27. The second-order valence-electron chi connectivity index (χ2n) is 5.79. The highest BCUT2D eigenvalue weighted by molar-refractivity contribution is 5.84. The van der Waals surface area contributed by atoms with Gasteiger partial charge in [-0.05, 0) is 53.4 Å². The molecule has 2 aromatic rings. The Bertz CT molecular complexity index is 579. The van der Waals surface area contributed by atoms with E-state index in [4.69, 9.17) is 4.74 Å². The van der Waals surface area contributed by atoms with Crippen LogP contribution in [-0.2, 0) is 0 Å². The maximum atomic E-state index is 5.30. The molecule has 0 saturated heterocycles. The zero-order valence-corrected chi connectivity index (χ0v) is 13.6. The molecule has 2 rings (SSSR count). The molecule has 2 atom stereocenters. The average molecular weight is 285 g/mol. The fourth-order valence-corrected chi connectivity index (χ4v) is 2.75. The first-order valence-electron chi connectivity index (χ1n) is 8.00. The summed E-state index contributed by atoms with van der Waals surface area (Å²) in [5, 5.41) is 6.21. The summed E-state index contributed by atoms with van der Waals surface area (Å²) in [4.78, 5) is 0. The molecule has 21 heavy (non-hydrogen) atoms. The first-order valence-corrected chi connectivity index (χ1v) is 8.00. The summed E-state index contributed by atoms with van der Waals surface area (Å²) >= 11 is 0. The van der Waals surface area contributed by atoms with Gasteiger partial charge in [0.15, 0.2) is 0 Å². The molecule has 2 heteroatoms. The Kier molecular flexibility index (Phi) is 5.63. The Morgan fingerprint density at radius 3 is 2.43 bits per heavy atom. The van der Waals surface area contributed by atoms with Crippen molar-refractivity contribution in [2.75, 3.05) is 13.7 Å². The molecular formula is C19H27NO. The minimum Gasteiger partial charge on any atom is -0.497 e. The van der Waals surface area contributed by atoms with Gasteiger partial charge in [-0.3, -0.25) is 0 Å². The number of benzene rings is 2. The van der Waals surface area contributed by atoms with Crippen molar-refractivity contribution in [1.82, 2.24) is 5.32 Å². The van der Waals surface area contributed by atoms with E-state index in [0.717, 1.165) is 18.7 Å². The van der Waals surface area contributed by atoms with Crippen molar-refractivity contribution in [3.05, 3.63) is 42.0 Å². The molecule has 0 aliphatic rings. The Morgan fingerprint density at radius 1 is 1.05 bits per heavy atom. The van der Waals surface area contributed by atoms with Crippen molar-refractivity contribution in [2.24, 2.45) is 5.92 Å².